The highest BCUT2D eigenvalue weighted by molar-refractivity contribution is 6.16. The third-order valence-corrected chi connectivity index (χ3v) is 1.60. The van der Waals surface area contributed by atoms with Crippen molar-refractivity contribution in [3.05, 3.63) is 11.6 Å². The van der Waals surface area contributed by atoms with E-state index >= 15 is 0 Å². The Morgan fingerprint density at radius 1 is 1.50 bits per heavy atom. The third-order valence-electron chi connectivity index (χ3n) is 1.60. The van der Waals surface area contributed by atoms with Crippen molar-refractivity contribution in [1.82, 2.24) is 4.90 Å². The second-order valence-corrected chi connectivity index (χ2v) is 2.48. The smallest absolute Gasteiger partial charge is 0.257 e. The standard InChI is InChI=1S/C9H9NO2/c1-3-4-5-10-8(11)6-7(2)9(10)12/h6H,5H2,1-2H3. The van der Waals surface area contributed by atoms with E-state index in [1.807, 2.05) is 0 Å². The van der Waals surface area contributed by atoms with E-state index in [9.17, 15) is 9.59 Å². The van der Waals surface area contributed by atoms with Crippen LogP contribution in [0.1, 0.15) is 13.8 Å². The molecule has 1 aliphatic heterocycles. The fourth-order valence-corrected chi connectivity index (χ4v) is 0.946. The first-order chi connectivity index (χ1) is 5.66. The summed E-state index contributed by atoms with van der Waals surface area (Å²) in [5, 5.41) is 0. The number of hydrogen-bond donors (Lipinski definition) is 0. The Morgan fingerprint density at radius 3 is 2.58 bits per heavy atom. The molecule has 0 atom stereocenters. The topological polar surface area (TPSA) is 37.4 Å². The van der Waals surface area contributed by atoms with E-state index in [0.717, 1.165) is 4.90 Å². The van der Waals surface area contributed by atoms with E-state index in [2.05, 4.69) is 11.8 Å². The summed E-state index contributed by atoms with van der Waals surface area (Å²) in [6.07, 6.45) is 1.33. The lowest BCUT2D eigenvalue weighted by atomic mass is 10.3. The summed E-state index contributed by atoms with van der Waals surface area (Å²) in [5.41, 5.74) is 0.484. The van der Waals surface area contributed by atoms with Crippen molar-refractivity contribution in [2.24, 2.45) is 0 Å². The largest absolute Gasteiger partial charge is 0.269 e. The molecule has 0 saturated carbocycles. The molecule has 62 valence electrons. The first kappa shape index (κ1) is 8.54. The number of hydrogen-bond acceptors (Lipinski definition) is 2. The van der Waals surface area contributed by atoms with E-state index in [4.69, 9.17) is 0 Å². The molecular weight excluding hydrogens is 154 g/mol. The maximum absolute atomic E-state index is 11.2. The molecule has 12 heavy (non-hydrogen) atoms. The Bertz CT molecular complexity index is 317. The molecule has 0 spiro atoms. The van der Waals surface area contributed by atoms with Gasteiger partial charge in [-0.15, -0.1) is 5.92 Å². The van der Waals surface area contributed by atoms with Crippen molar-refractivity contribution in [2.45, 2.75) is 13.8 Å². The van der Waals surface area contributed by atoms with Crippen molar-refractivity contribution in [3.8, 4) is 11.8 Å². The molecule has 0 aromatic carbocycles. The molecule has 0 N–H and O–H groups in total. The lowest BCUT2D eigenvalue weighted by Gasteiger charge is -2.08. The lowest BCUT2D eigenvalue weighted by molar-refractivity contribution is -0.136. The van der Waals surface area contributed by atoms with Crippen LogP contribution in [0.3, 0.4) is 0 Å². The number of carbonyl (C=O) groups is 2. The molecule has 0 aromatic rings. The van der Waals surface area contributed by atoms with Gasteiger partial charge in [0.1, 0.15) is 0 Å². The summed E-state index contributed by atoms with van der Waals surface area (Å²) in [6.45, 7) is 3.49. The summed E-state index contributed by atoms with van der Waals surface area (Å²) in [6, 6.07) is 0. The molecule has 1 rings (SSSR count). The molecule has 0 aliphatic carbocycles. The first-order valence-corrected chi connectivity index (χ1v) is 3.60. The molecule has 0 saturated heterocycles. The number of rotatable bonds is 1. The van der Waals surface area contributed by atoms with Gasteiger partial charge in [0.15, 0.2) is 0 Å². The van der Waals surface area contributed by atoms with E-state index in [1.54, 1.807) is 13.8 Å². The van der Waals surface area contributed by atoms with E-state index in [1.165, 1.54) is 6.08 Å². The van der Waals surface area contributed by atoms with Gasteiger partial charge < -0.3 is 0 Å². The van der Waals surface area contributed by atoms with Crippen LogP contribution in [-0.2, 0) is 9.59 Å². The van der Waals surface area contributed by atoms with Crippen LogP contribution in [0.2, 0.25) is 0 Å². The summed E-state index contributed by atoms with van der Waals surface area (Å²) >= 11 is 0. The van der Waals surface area contributed by atoms with Gasteiger partial charge in [0.05, 0.1) is 6.54 Å². The monoisotopic (exact) mass is 163 g/mol. The van der Waals surface area contributed by atoms with Crippen LogP contribution in [0.4, 0.5) is 0 Å². The number of imide groups is 1. The van der Waals surface area contributed by atoms with Gasteiger partial charge in [-0.25, -0.2) is 0 Å². The number of amides is 2. The SMILES string of the molecule is CC#CCN1C(=O)C=C(C)C1=O. The van der Waals surface area contributed by atoms with Crippen LogP contribution in [0.25, 0.3) is 0 Å². The minimum Gasteiger partial charge on any atom is -0.269 e. The second-order valence-electron chi connectivity index (χ2n) is 2.48. The van der Waals surface area contributed by atoms with Gasteiger partial charge in [-0.2, -0.15) is 0 Å². The highest BCUT2D eigenvalue weighted by Gasteiger charge is 2.26. The van der Waals surface area contributed by atoms with E-state index in [-0.39, 0.29) is 18.4 Å². The number of carbonyl (C=O) groups excluding carboxylic acids is 2. The molecule has 1 heterocycles. The molecule has 2 amide bonds. The maximum Gasteiger partial charge on any atom is 0.257 e. The van der Waals surface area contributed by atoms with Crippen LogP contribution >= 0.6 is 0 Å². The quantitative estimate of drug-likeness (QED) is 0.412. The Labute approximate surface area is 71.0 Å². The van der Waals surface area contributed by atoms with Gasteiger partial charge in [-0.3, -0.25) is 14.5 Å². The van der Waals surface area contributed by atoms with Crippen molar-refractivity contribution in [1.29, 1.82) is 0 Å². The summed E-state index contributed by atoms with van der Waals surface area (Å²) in [7, 11) is 0. The molecule has 3 nitrogen and oxygen atoms in total. The minimum absolute atomic E-state index is 0.196. The van der Waals surface area contributed by atoms with Gasteiger partial charge in [0, 0.05) is 11.6 Å². The van der Waals surface area contributed by atoms with Gasteiger partial charge >= 0.3 is 0 Å². The molecule has 0 fully saturated rings. The van der Waals surface area contributed by atoms with Crippen molar-refractivity contribution >= 4 is 11.8 Å². The Morgan fingerprint density at radius 2 is 2.17 bits per heavy atom. The normalized spacial score (nSPS) is 15.8. The molecule has 0 radical (unpaired) electrons. The molecule has 0 unspecified atom stereocenters. The Kier molecular flexibility index (Phi) is 2.29. The molecule has 1 aliphatic rings. The zero-order valence-electron chi connectivity index (χ0n) is 7.05. The summed E-state index contributed by atoms with van der Waals surface area (Å²) in [4.78, 5) is 23.4. The highest BCUT2D eigenvalue weighted by atomic mass is 16.2. The molecule has 0 aromatic heterocycles. The average Bonchev–Trinajstić information content (AvgIpc) is 2.25. The number of nitrogens with zero attached hydrogens (tertiary/aromatic N) is 1. The van der Waals surface area contributed by atoms with Crippen molar-refractivity contribution < 1.29 is 9.59 Å². The summed E-state index contributed by atoms with van der Waals surface area (Å²) in [5.74, 6) is 4.81. The van der Waals surface area contributed by atoms with Gasteiger partial charge in [-0.05, 0) is 13.8 Å². The second kappa shape index (κ2) is 3.22. The fraction of sp³-hybridized carbons (Fsp3) is 0.333. The molecule has 0 bridgehead atoms. The Hall–Kier alpha value is -1.56. The predicted octanol–water partition coefficient (Wildman–Crippen LogP) is 0.325. The van der Waals surface area contributed by atoms with E-state index < -0.39 is 0 Å². The van der Waals surface area contributed by atoms with Crippen LogP contribution in [0.5, 0.6) is 0 Å². The van der Waals surface area contributed by atoms with Crippen LogP contribution in [-0.4, -0.2) is 23.3 Å². The zero-order valence-corrected chi connectivity index (χ0v) is 7.05. The highest BCUT2D eigenvalue weighted by Crippen LogP contribution is 2.10. The van der Waals surface area contributed by atoms with Crippen molar-refractivity contribution in [3.63, 3.8) is 0 Å². The zero-order chi connectivity index (χ0) is 9.14. The van der Waals surface area contributed by atoms with Gasteiger partial charge in [0.25, 0.3) is 11.8 Å². The molecular formula is C9H9NO2. The Balaban J connectivity index is 2.74. The van der Waals surface area contributed by atoms with E-state index in [0.29, 0.717) is 5.57 Å². The third kappa shape index (κ3) is 1.37. The lowest BCUT2D eigenvalue weighted by Crippen LogP contribution is -2.31. The first-order valence-electron chi connectivity index (χ1n) is 3.60. The average molecular weight is 163 g/mol. The van der Waals surface area contributed by atoms with Gasteiger partial charge in [0.2, 0.25) is 0 Å². The maximum atomic E-state index is 11.2. The van der Waals surface area contributed by atoms with Crippen LogP contribution in [0.15, 0.2) is 11.6 Å². The van der Waals surface area contributed by atoms with Crippen LogP contribution in [0, 0.1) is 11.8 Å². The minimum atomic E-state index is -0.264. The van der Waals surface area contributed by atoms with Crippen LogP contribution < -0.4 is 0 Å². The van der Waals surface area contributed by atoms with Gasteiger partial charge in [-0.1, -0.05) is 5.92 Å². The summed E-state index contributed by atoms with van der Waals surface area (Å²) < 4.78 is 0. The fourth-order valence-electron chi connectivity index (χ4n) is 0.946. The molecule has 3 heteroatoms. The van der Waals surface area contributed by atoms with Crippen molar-refractivity contribution in [2.75, 3.05) is 6.54 Å². The predicted molar refractivity (Wildman–Crippen MR) is 43.9 cm³/mol.